The van der Waals surface area contributed by atoms with Crippen LogP contribution >= 0.6 is 0 Å². The van der Waals surface area contributed by atoms with Crippen molar-refractivity contribution in [3.63, 3.8) is 0 Å². The Morgan fingerprint density at radius 3 is 3.08 bits per heavy atom. The number of carbonyl (C=O) groups excluding carboxylic acids is 1. The maximum Gasteiger partial charge on any atom is 0.317 e. The standard InChI is InChI=1S/C18H21FN4O3/c1-2-16-21-22-17(26-16)15-10-23(6-7-25-15)18(24)20-14-9-13(14)11-4-3-5-12(19)8-11/h3-5,8,13-15H,2,6-7,9-10H2,1H3,(H,20,24). The van der Waals surface area contributed by atoms with Crippen LogP contribution in [0.2, 0.25) is 0 Å². The van der Waals surface area contributed by atoms with Crippen LogP contribution in [0.25, 0.3) is 0 Å². The van der Waals surface area contributed by atoms with Crippen LogP contribution in [-0.2, 0) is 11.2 Å². The van der Waals surface area contributed by atoms with E-state index < -0.39 is 6.10 Å². The Labute approximate surface area is 150 Å². The second-order valence-electron chi connectivity index (χ2n) is 6.65. The summed E-state index contributed by atoms with van der Waals surface area (Å²) in [6, 6.07) is 6.45. The number of carbonyl (C=O) groups is 1. The highest BCUT2D eigenvalue weighted by Gasteiger charge is 2.41. The van der Waals surface area contributed by atoms with Crippen molar-refractivity contribution in [2.24, 2.45) is 0 Å². The van der Waals surface area contributed by atoms with Gasteiger partial charge in [0.1, 0.15) is 5.82 Å². The van der Waals surface area contributed by atoms with E-state index in [1.54, 1.807) is 11.0 Å². The number of halogens is 1. The predicted molar refractivity (Wildman–Crippen MR) is 90.0 cm³/mol. The summed E-state index contributed by atoms with van der Waals surface area (Å²) in [7, 11) is 0. The molecule has 3 atom stereocenters. The first-order valence-corrected chi connectivity index (χ1v) is 8.89. The lowest BCUT2D eigenvalue weighted by Crippen LogP contribution is -2.48. The highest BCUT2D eigenvalue weighted by Crippen LogP contribution is 2.41. The van der Waals surface area contributed by atoms with Gasteiger partial charge in [0.25, 0.3) is 0 Å². The Hall–Kier alpha value is -2.48. The molecule has 1 saturated heterocycles. The number of nitrogens with zero attached hydrogens (tertiary/aromatic N) is 3. The molecule has 1 aliphatic heterocycles. The first-order chi connectivity index (χ1) is 12.6. The van der Waals surface area contributed by atoms with Gasteiger partial charge in [-0.15, -0.1) is 10.2 Å². The SMILES string of the molecule is CCc1nnc(C2CN(C(=O)NC3CC3c3cccc(F)c3)CCO2)o1. The molecule has 0 bridgehead atoms. The molecule has 1 aliphatic carbocycles. The Balaban J connectivity index is 1.33. The van der Waals surface area contributed by atoms with Crippen molar-refractivity contribution in [2.45, 2.75) is 37.8 Å². The lowest BCUT2D eigenvalue weighted by Gasteiger charge is -2.31. The normalized spacial score (nSPS) is 25.2. The molecule has 1 aromatic carbocycles. The van der Waals surface area contributed by atoms with Gasteiger partial charge in [0.15, 0.2) is 6.10 Å². The second kappa shape index (κ2) is 7.03. The Morgan fingerprint density at radius 1 is 1.42 bits per heavy atom. The van der Waals surface area contributed by atoms with Crippen molar-refractivity contribution in [1.82, 2.24) is 20.4 Å². The van der Waals surface area contributed by atoms with Crippen LogP contribution in [0.3, 0.4) is 0 Å². The highest BCUT2D eigenvalue weighted by molar-refractivity contribution is 5.75. The molecular weight excluding hydrogens is 339 g/mol. The first-order valence-electron chi connectivity index (χ1n) is 8.89. The molecule has 1 aromatic heterocycles. The number of urea groups is 1. The van der Waals surface area contributed by atoms with Gasteiger partial charge in [-0.3, -0.25) is 0 Å². The first kappa shape index (κ1) is 17.0. The third-order valence-electron chi connectivity index (χ3n) is 4.79. The van der Waals surface area contributed by atoms with Crippen LogP contribution in [0.1, 0.15) is 42.7 Å². The molecule has 0 spiro atoms. The van der Waals surface area contributed by atoms with E-state index in [0.29, 0.717) is 37.9 Å². The number of amides is 2. The van der Waals surface area contributed by atoms with Crippen LogP contribution in [-0.4, -0.2) is 46.9 Å². The topological polar surface area (TPSA) is 80.5 Å². The van der Waals surface area contributed by atoms with E-state index in [4.69, 9.17) is 9.15 Å². The fraction of sp³-hybridized carbons (Fsp3) is 0.500. The van der Waals surface area contributed by atoms with E-state index in [1.807, 2.05) is 13.0 Å². The molecule has 2 aliphatic rings. The average molecular weight is 360 g/mol. The van der Waals surface area contributed by atoms with Gasteiger partial charge in [-0.1, -0.05) is 19.1 Å². The molecule has 8 heteroatoms. The molecular formula is C18H21FN4O3. The quantitative estimate of drug-likeness (QED) is 0.906. The summed E-state index contributed by atoms with van der Waals surface area (Å²) >= 11 is 0. The van der Waals surface area contributed by atoms with E-state index in [9.17, 15) is 9.18 Å². The van der Waals surface area contributed by atoms with E-state index in [0.717, 1.165) is 12.0 Å². The summed E-state index contributed by atoms with van der Waals surface area (Å²) in [5, 5.41) is 11.0. The number of benzene rings is 1. The van der Waals surface area contributed by atoms with Crippen molar-refractivity contribution in [3.8, 4) is 0 Å². The molecule has 2 amide bonds. The molecule has 1 saturated carbocycles. The fourth-order valence-corrected chi connectivity index (χ4v) is 3.23. The Kier molecular flexibility index (Phi) is 4.58. The van der Waals surface area contributed by atoms with Crippen LogP contribution in [0.4, 0.5) is 9.18 Å². The molecule has 138 valence electrons. The number of aryl methyl sites for hydroxylation is 1. The number of rotatable bonds is 4. The third kappa shape index (κ3) is 3.55. The number of aromatic nitrogens is 2. The maximum atomic E-state index is 13.3. The summed E-state index contributed by atoms with van der Waals surface area (Å²) < 4.78 is 24.5. The van der Waals surface area contributed by atoms with Crippen molar-refractivity contribution < 1.29 is 18.3 Å². The second-order valence-corrected chi connectivity index (χ2v) is 6.65. The van der Waals surface area contributed by atoms with E-state index in [-0.39, 0.29) is 23.8 Å². The van der Waals surface area contributed by atoms with Crippen molar-refractivity contribution in [3.05, 3.63) is 47.4 Å². The van der Waals surface area contributed by atoms with Gasteiger partial charge in [-0.05, 0) is 24.1 Å². The van der Waals surface area contributed by atoms with E-state index >= 15 is 0 Å². The average Bonchev–Trinajstić information content (AvgIpc) is 3.25. The maximum absolute atomic E-state index is 13.3. The molecule has 7 nitrogen and oxygen atoms in total. The van der Waals surface area contributed by atoms with Crippen LogP contribution in [0.15, 0.2) is 28.7 Å². The highest BCUT2D eigenvalue weighted by atomic mass is 19.1. The number of nitrogens with one attached hydrogen (secondary N) is 1. The van der Waals surface area contributed by atoms with Gasteiger partial charge in [0, 0.05) is 24.9 Å². The monoisotopic (exact) mass is 360 g/mol. The van der Waals surface area contributed by atoms with Crippen LogP contribution in [0, 0.1) is 5.82 Å². The lowest BCUT2D eigenvalue weighted by molar-refractivity contribution is -0.0293. The summed E-state index contributed by atoms with van der Waals surface area (Å²) in [4.78, 5) is 14.2. The summed E-state index contributed by atoms with van der Waals surface area (Å²) in [5.41, 5.74) is 0.924. The smallest absolute Gasteiger partial charge is 0.317 e. The fourth-order valence-electron chi connectivity index (χ4n) is 3.23. The van der Waals surface area contributed by atoms with Gasteiger partial charge < -0.3 is 19.4 Å². The minimum Gasteiger partial charge on any atom is -0.422 e. The van der Waals surface area contributed by atoms with Gasteiger partial charge in [0.2, 0.25) is 11.8 Å². The zero-order chi connectivity index (χ0) is 18.1. The number of hydrogen-bond donors (Lipinski definition) is 1. The van der Waals surface area contributed by atoms with Gasteiger partial charge >= 0.3 is 6.03 Å². The summed E-state index contributed by atoms with van der Waals surface area (Å²) in [5.74, 6) is 0.889. The molecule has 4 rings (SSSR count). The zero-order valence-electron chi connectivity index (χ0n) is 14.5. The molecule has 2 fully saturated rings. The Bertz CT molecular complexity index is 796. The molecule has 0 radical (unpaired) electrons. The number of ether oxygens (including phenoxy) is 1. The largest absolute Gasteiger partial charge is 0.422 e. The minimum atomic E-state index is -0.402. The third-order valence-corrected chi connectivity index (χ3v) is 4.79. The number of hydrogen-bond acceptors (Lipinski definition) is 5. The van der Waals surface area contributed by atoms with Gasteiger partial charge in [-0.2, -0.15) is 0 Å². The molecule has 3 unspecified atom stereocenters. The van der Waals surface area contributed by atoms with Crippen molar-refractivity contribution >= 4 is 6.03 Å². The van der Waals surface area contributed by atoms with Crippen LogP contribution in [0.5, 0.6) is 0 Å². The summed E-state index contributed by atoms with van der Waals surface area (Å²) in [6.07, 6.45) is 1.08. The Morgan fingerprint density at radius 2 is 2.31 bits per heavy atom. The van der Waals surface area contributed by atoms with E-state index in [2.05, 4.69) is 15.5 Å². The lowest BCUT2D eigenvalue weighted by atomic mass is 10.1. The van der Waals surface area contributed by atoms with Gasteiger partial charge in [-0.25, -0.2) is 9.18 Å². The molecule has 2 aromatic rings. The molecule has 1 N–H and O–H groups in total. The van der Waals surface area contributed by atoms with E-state index in [1.165, 1.54) is 12.1 Å². The predicted octanol–water partition coefficient (Wildman–Crippen LogP) is 2.41. The minimum absolute atomic E-state index is 0.0423. The van der Waals surface area contributed by atoms with Crippen molar-refractivity contribution in [2.75, 3.05) is 19.7 Å². The molecule has 26 heavy (non-hydrogen) atoms. The van der Waals surface area contributed by atoms with Gasteiger partial charge in [0.05, 0.1) is 13.2 Å². The molecule has 2 heterocycles. The zero-order valence-corrected chi connectivity index (χ0v) is 14.5. The number of morpholine rings is 1. The summed E-state index contributed by atoms with van der Waals surface area (Å²) in [6.45, 7) is 3.23. The van der Waals surface area contributed by atoms with Crippen molar-refractivity contribution in [1.29, 1.82) is 0 Å². The van der Waals surface area contributed by atoms with Crippen LogP contribution < -0.4 is 5.32 Å².